The third-order valence-electron chi connectivity index (χ3n) is 6.73. The van der Waals surface area contributed by atoms with Gasteiger partial charge in [0.15, 0.2) is 5.75 Å². The minimum atomic E-state index is -0.0937. The third-order valence-corrected chi connectivity index (χ3v) is 6.95. The third kappa shape index (κ3) is 4.19. The molecule has 0 radical (unpaired) electrons. The van der Waals surface area contributed by atoms with Crippen LogP contribution in [0.2, 0.25) is 5.02 Å². The van der Waals surface area contributed by atoms with Crippen molar-refractivity contribution in [2.45, 2.75) is 25.4 Å². The SMILES string of the molecule is COc1ccc(CN2CCOc3c(C(=O)NC4CN5CCC4CC5)cc(Cl)cc32)cc1. The monoisotopic (exact) mass is 441 g/mol. The highest BCUT2D eigenvalue weighted by Crippen LogP contribution is 2.39. The second-order valence-corrected chi connectivity index (χ2v) is 9.07. The van der Waals surface area contributed by atoms with Gasteiger partial charge in [0.05, 0.1) is 24.9 Å². The molecule has 2 aromatic carbocycles. The van der Waals surface area contributed by atoms with Crippen molar-refractivity contribution in [1.82, 2.24) is 10.2 Å². The Bertz CT molecular complexity index is 957. The van der Waals surface area contributed by atoms with Gasteiger partial charge in [-0.3, -0.25) is 4.79 Å². The summed E-state index contributed by atoms with van der Waals surface area (Å²) in [6.45, 7) is 5.20. The van der Waals surface area contributed by atoms with Gasteiger partial charge in [0.1, 0.15) is 12.4 Å². The van der Waals surface area contributed by atoms with Crippen LogP contribution in [0.15, 0.2) is 36.4 Å². The van der Waals surface area contributed by atoms with Crippen LogP contribution in [0.1, 0.15) is 28.8 Å². The maximum absolute atomic E-state index is 13.2. The number of hydrogen-bond donors (Lipinski definition) is 1. The molecule has 0 spiro atoms. The quantitative estimate of drug-likeness (QED) is 0.768. The van der Waals surface area contributed by atoms with Crippen molar-refractivity contribution in [1.29, 1.82) is 0 Å². The molecule has 6 rings (SSSR count). The summed E-state index contributed by atoms with van der Waals surface area (Å²) in [6.07, 6.45) is 2.31. The van der Waals surface area contributed by atoms with Crippen molar-refractivity contribution in [3.05, 3.63) is 52.5 Å². The zero-order valence-corrected chi connectivity index (χ0v) is 18.5. The maximum atomic E-state index is 13.2. The van der Waals surface area contributed by atoms with E-state index in [1.807, 2.05) is 18.2 Å². The number of carbonyl (C=O) groups excluding carboxylic acids is 1. The number of halogens is 1. The predicted octanol–water partition coefficient (Wildman–Crippen LogP) is 3.57. The molecule has 0 aliphatic carbocycles. The summed E-state index contributed by atoms with van der Waals surface area (Å²) in [5.74, 6) is 1.93. The Balaban J connectivity index is 1.38. The number of nitrogens with one attached hydrogen (secondary N) is 1. The maximum Gasteiger partial charge on any atom is 0.255 e. The summed E-state index contributed by atoms with van der Waals surface area (Å²) in [5.41, 5.74) is 2.55. The van der Waals surface area contributed by atoms with Crippen molar-refractivity contribution < 1.29 is 14.3 Å². The Hall–Kier alpha value is -2.44. The summed E-state index contributed by atoms with van der Waals surface area (Å²) in [4.78, 5) is 17.9. The molecule has 4 aliphatic rings. The molecule has 3 saturated heterocycles. The Kier molecular flexibility index (Phi) is 5.67. The fraction of sp³-hybridized carbons (Fsp3) is 0.458. The van der Waals surface area contributed by atoms with Gasteiger partial charge in [-0.15, -0.1) is 0 Å². The van der Waals surface area contributed by atoms with Crippen molar-refractivity contribution in [3.63, 3.8) is 0 Å². The summed E-state index contributed by atoms with van der Waals surface area (Å²) >= 11 is 6.45. The van der Waals surface area contributed by atoms with Crippen molar-refractivity contribution in [3.8, 4) is 11.5 Å². The van der Waals surface area contributed by atoms with E-state index in [-0.39, 0.29) is 11.9 Å². The van der Waals surface area contributed by atoms with E-state index in [2.05, 4.69) is 27.2 Å². The van der Waals surface area contributed by atoms with Crippen LogP contribution in [-0.2, 0) is 6.54 Å². The molecule has 31 heavy (non-hydrogen) atoms. The lowest BCUT2D eigenvalue weighted by Crippen LogP contribution is -2.57. The molecule has 0 saturated carbocycles. The standard InChI is InChI=1S/C24H28ClN3O3/c1-30-19-4-2-16(3-5-19)14-28-10-11-31-23-20(12-18(25)13-22(23)28)24(29)26-21-15-27-8-6-17(21)7-9-27/h2-5,12-13,17,21H,6-11,14-15H2,1H3,(H,26,29). The Labute approximate surface area is 188 Å². The number of rotatable bonds is 5. The van der Waals surface area contributed by atoms with Crippen LogP contribution in [0.5, 0.6) is 11.5 Å². The summed E-state index contributed by atoms with van der Waals surface area (Å²) in [7, 11) is 1.66. The topological polar surface area (TPSA) is 54.0 Å². The zero-order chi connectivity index (χ0) is 21.4. The van der Waals surface area contributed by atoms with Crippen molar-refractivity contribution in [2.24, 2.45) is 5.92 Å². The minimum Gasteiger partial charge on any atom is -0.497 e. The lowest BCUT2D eigenvalue weighted by Gasteiger charge is -2.45. The van der Waals surface area contributed by atoms with Gasteiger partial charge in [-0.1, -0.05) is 23.7 Å². The first kappa shape index (κ1) is 20.5. The number of nitrogens with zero attached hydrogens (tertiary/aromatic N) is 2. The largest absolute Gasteiger partial charge is 0.497 e. The molecule has 4 aliphatic heterocycles. The Morgan fingerprint density at radius 3 is 2.65 bits per heavy atom. The molecule has 2 bridgehead atoms. The smallest absolute Gasteiger partial charge is 0.255 e. The predicted molar refractivity (Wildman–Crippen MR) is 121 cm³/mol. The summed E-state index contributed by atoms with van der Waals surface area (Å²) < 4.78 is 11.3. The van der Waals surface area contributed by atoms with Gasteiger partial charge in [0, 0.05) is 24.2 Å². The molecule has 3 fully saturated rings. The number of anilines is 1. The van der Waals surface area contributed by atoms with Gasteiger partial charge in [0.2, 0.25) is 0 Å². The number of benzene rings is 2. The van der Waals surface area contributed by atoms with E-state index in [9.17, 15) is 4.79 Å². The normalized spacial score (nSPS) is 24.3. The molecule has 7 heteroatoms. The van der Waals surface area contributed by atoms with E-state index in [1.165, 1.54) is 0 Å². The highest BCUT2D eigenvalue weighted by molar-refractivity contribution is 6.31. The average molecular weight is 442 g/mol. The van der Waals surface area contributed by atoms with Crippen LogP contribution >= 0.6 is 11.6 Å². The Morgan fingerprint density at radius 1 is 1.19 bits per heavy atom. The van der Waals surface area contributed by atoms with Crippen molar-refractivity contribution >= 4 is 23.2 Å². The van der Waals surface area contributed by atoms with Crippen LogP contribution in [-0.4, -0.2) is 56.7 Å². The van der Waals surface area contributed by atoms with Gasteiger partial charge in [0.25, 0.3) is 5.91 Å². The number of ether oxygens (including phenoxy) is 2. The van der Waals surface area contributed by atoms with Gasteiger partial charge >= 0.3 is 0 Å². The molecule has 0 aromatic heterocycles. The van der Waals surface area contributed by atoms with Gasteiger partial charge < -0.3 is 24.6 Å². The molecule has 1 atom stereocenters. The summed E-state index contributed by atoms with van der Waals surface area (Å²) in [6, 6.07) is 11.9. The van der Waals surface area contributed by atoms with E-state index in [0.29, 0.717) is 35.4 Å². The lowest BCUT2D eigenvalue weighted by molar-refractivity contribution is 0.0618. The van der Waals surface area contributed by atoms with Crippen molar-refractivity contribution in [2.75, 3.05) is 44.8 Å². The molecular formula is C24H28ClN3O3. The number of amides is 1. The fourth-order valence-electron chi connectivity index (χ4n) is 5.00. The summed E-state index contributed by atoms with van der Waals surface area (Å²) in [5, 5.41) is 3.81. The molecule has 4 heterocycles. The fourth-order valence-corrected chi connectivity index (χ4v) is 5.22. The molecule has 164 valence electrons. The number of fused-ring (bicyclic) bond motifs is 4. The van der Waals surface area contributed by atoms with Crippen LogP contribution in [0.25, 0.3) is 0 Å². The molecule has 6 nitrogen and oxygen atoms in total. The van der Waals surface area contributed by atoms with E-state index in [1.54, 1.807) is 13.2 Å². The van der Waals surface area contributed by atoms with Crippen LogP contribution < -0.4 is 19.7 Å². The molecule has 2 aromatic rings. The first-order valence-corrected chi connectivity index (χ1v) is 11.4. The second-order valence-electron chi connectivity index (χ2n) is 8.64. The highest BCUT2D eigenvalue weighted by Gasteiger charge is 2.36. The molecular weight excluding hydrogens is 414 g/mol. The number of carbonyl (C=O) groups is 1. The number of methoxy groups -OCH3 is 1. The highest BCUT2D eigenvalue weighted by atomic mass is 35.5. The zero-order valence-electron chi connectivity index (χ0n) is 17.8. The first-order chi connectivity index (χ1) is 15.1. The van der Waals surface area contributed by atoms with Crippen LogP contribution in [0, 0.1) is 5.92 Å². The van der Waals surface area contributed by atoms with Gasteiger partial charge in [-0.05, 0) is 61.7 Å². The van der Waals surface area contributed by atoms with E-state index in [0.717, 1.165) is 56.0 Å². The van der Waals surface area contributed by atoms with Crippen LogP contribution in [0.3, 0.4) is 0 Å². The van der Waals surface area contributed by atoms with Gasteiger partial charge in [-0.2, -0.15) is 0 Å². The van der Waals surface area contributed by atoms with E-state index >= 15 is 0 Å². The molecule has 1 unspecified atom stereocenters. The Morgan fingerprint density at radius 2 is 1.97 bits per heavy atom. The molecule has 1 amide bonds. The lowest BCUT2D eigenvalue weighted by atomic mass is 9.84. The first-order valence-electron chi connectivity index (χ1n) is 11.0. The van der Waals surface area contributed by atoms with Crippen LogP contribution in [0.4, 0.5) is 5.69 Å². The molecule has 1 N–H and O–H groups in total. The second kappa shape index (κ2) is 8.60. The van der Waals surface area contributed by atoms with Gasteiger partial charge in [-0.25, -0.2) is 0 Å². The average Bonchev–Trinajstić information content (AvgIpc) is 2.80. The van der Waals surface area contributed by atoms with E-state index < -0.39 is 0 Å². The van der Waals surface area contributed by atoms with E-state index in [4.69, 9.17) is 21.1 Å². The number of hydrogen-bond acceptors (Lipinski definition) is 5. The minimum absolute atomic E-state index is 0.0937. The number of piperidine rings is 3.